The molecular weight excluding hydrogens is 338 g/mol. The van der Waals surface area contributed by atoms with Crippen LogP contribution in [0.4, 0.5) is 0 Å². The van der Waals surface area contributed by atoms with Crippen LogP contribution in [0.25, 0.3) is 6.08 Å². The molecule has 0 saturated carbocycles. The molecule has 2 aromatic rings. The molecule has 1 atom stereocenters. The van der Waals surface area contributed by atoms with Gasteiger partial charge >= 0.3 is 0 Å². The summed E-state index contributed by atoms with van der Waals surface area (Å²) in [7, 11) is 1.65. The van der Waals surface area contributed by atoms with Crippen molar-refractivity contribution in [1.82, 2.24) is 4.90 Å². The van der Waals surface area contributed by atoms with Gasteiger partial charge in [0.05, 0.1) is 13.2 Å². The Morgan fingerprint density at radius 3 is 2.78 bits per heavy atom. The van der Waals surface area contributed by atoms with Gasteiger partial charge in [0, 0.05) is 25.8 Å². The lowest BCUT2D eigenvalue weighted by atomic mass is 10.1. The number of carbonyl (C=O) groups is 1. The van der Waals surface area contributed by atoms with E-state index in [-0.39, 0.29) is 12.0 Å². The van der Waals surface area contributed by atoms with E-state index < -0.39 is 0 Å². The highest BCUT2D eigenvalue weighted by Gasteiger charge is 2.21. The first kappa shape index (κ1) is 19.2. The first-order valence-corrected chi connectivity index (χ1v) is 9.42. The number of benzene rings is 2. The van der Waals surface area contributed by atoms with Crippen molar-refractivity contribution in [2.24, 2.45) is 0 Å². The number of ether oxygens (including phenoxy) is 2. The Balaban J connectivity index is 1.73. The first-order valence-electron chi connectivity index (χ1n) is 9.42. The Morgan fingerprint density at radius 1 is 1.26 bits per heavy atom. The average molecular weight is 365 g/mol. The van der Waals surface area contributed by atoms with Crippen molar-refractivity contribution in [3.05, 3.63) is 71.3 Å². The standard InChI is InChI=1S/C23H27NO3/c1-18-8-10-19(11-9-18)12-13-23(25)24(17-22-7-4-14-27-22)16-20-5-3-6-21(15-20)26-2/h3,5-6,8-13,15,22H,4,7,14,16-17H2,1-2H3/b13-12+. The fourth-order valence-corrected chi connectivity index (χ4v) is 3.21. The van der Waals surface area contributed by atoms with Crippen LogP contribution < -0.4 is 4.74 Å². The van der Waals surface area contributed by atoms with Gasteiger partial charge in [-0.3, -0.25) is 4.79 Å². The van der Waals surface area contributed by atoms with E-state index in [2.05, 4.69) is 6.92 Å². The molecule has 0 bridgehead atoms. The van der Waals surface area contributed by atoms with Crippen LogP contribution in [0.2, 0.25) is 0 Å². The molecule has 3 rings (SSSR count). The molecule has 1 fully saturated rings. The van der Waals surface area contributed by atoms with Gasteiger partial charge in [-0.25, -0.2) is 0 Å². The Bertz CT molecular complexity index is 776. The quantitative estimate of drug-likeness (QED) is 0.690. The lowest BCUT2D eigenvalue weighted by molar-refractivity contribution is -0.128. The zero-order chi connectivity index (χ0) is 19.1. The summed E-state index contributed by atoms with van der Waals surface area (Å²) in [5, 5.41) is 0. The summed E-state index contributed by atoms with van der Waals surface area (Å²) >= 11 is 0. The minimum Gasteiger partial charge on any atom is -0.497 e. The van der Waals surface area contributed by atoms with E-state index in [1.165, 1.54) is 5.56 Å². The molecule has 1 unspecified atom stereocenters. The SMILES string of the molecule is COc1cccc(CN(CC2CCCO2)C(=O)/C=C/c2ccc(C)cc2)c1. The van der Waals surface area contributed by atoms with Crippen LogP contribution in [0, 0.1) is 6.92 Å². The predicted octanol–water partition coefficient (Wildman–Crippen LogP) is 4.22. The van der Waals surface area contributed by atoms with Crippen LogP contribution >= 0.6 is 0 Å². The summed E-state index contributed by atoms with van der Waals surface area (Å²) in [5.41, 5.74) is 3.27. The van der Waals surface area contributed by atoms with Crippen molar-refractivity contribution >= 4 is 12.0 Å². The van der Waals surface area contributed by atoms with E-state index in [0.717, 1.165) is 36.3 Å². The number of aryl methyl sites for hydroxylation is 1. The van der Waals surface area contributed by atoms with Gasteiger partial charge in [-0.1, -0.05) is 42.0 Å². The Morgan fingerprint density at radius 2 is 2.07 bits per heavy atom. The minimum absolute atomic E-state index is 0.00565. The number of nitrogens with zero attached hydrogens (tertiary/aromatic N) is 1. The van der Waals surface area contributed by atoms with Crippen LogP contribution in [0.1, 0.15) is 29.5 Å². The van der Waals surface area contributed by atoms with Crippen molar-refractivity contribution in [2.45, 2.75) is 32.4 Å². The highest BCUT2D eigenvalue weighted by atomic mass is 16.5. The van der Waals surface area contributed by atoms with E-state index >= 15 is 0 Å². The fraction of sp³-hybridized carbons (Fsp3) is 0.348. The van der Waals surface area contributed by atoms with Crippen LogP contribution in [0.5, 0.6) is 5.75 Å². The van der Waals surface area contributed by atoms with Crippen LogP contribution in [-0.2, 0) is 16.1 Å². The molecule has 2 aromatic carbocycles. The zero-order valence-corrected chi connectivity index (χ0v) is 16.1. The predicted molar refractivity (Wildman–Crippen MR) is 108 cm³/mol. The molecule has 0 N–H and O–H groups in total. The van der Waals surface area contributed by atoms with E-state index in [4.69, 9.17) is 9.47 Å². The van der Waals surface area contributed by atoms with Crippen molar-refractivity contribution in [3.8, 4) is 5.75 Å². The maximum Gasteiger partial charge on any atom is 0.246 e. The maximum atomic E-state index is 12.9. The van der Waals surface area contributed by atoms with Gasteiger partial charge in [0.15, 0.2) is 0 Å². The third-order valence-corrected chi connectivity index (χ3v) is 4.76. The maximum absolute atomic E-state index is 12.9. The van der Waals surface area contributed by atoms with Crippen LogP contribution in [0.3, 0.4) is 0 Å². The van der Waals surface area contributed by atoms with Crippen LogP contribution in [0.15, 0.2) is 54.6 Å². The summed E-state index contributed by atoms with van der Waals surface area (Å²) in [6.07, 6.45) is 5.71. The lowest BCUT2D eigenvalue weighted by Gasteiger charge is -2.24. The van der Waals surface area contributed by atoms with Crippen molar-refractivity contribution in [1.29, 1.82) is 0 Å². The van der Waals surface area contributed by atoms with Gasteiger partial charge in [0.2, 0.25) is 5.91 Å². The Hall–Kier alpha value is -2.59. The molecule has 27 heavy (non-hydrogen) atoms. The Kier molecular flexibility index (Phi) is 6.66. The van der Waals surface area contributed by atoms with E-state index in [1.54, 1.807) is 13.2 Å². The fourth-order valence-electron chi connectivity index (χ4n) is 3.21. The van der Waals surface area contributed by atoms with E-state index in [0.29, 0.717) is 13.1 Å². The molecule has 4 nitrogen and oxygen atoms in total. The average Bonchev–Trinajstić information content (AvgIpc) is 3.20. The molecular formula is C23H27NO3. The summed E-state index contributed by atoms with van der Waals surface area (Å²) in [4.78, 5) is 14.7. The summed E-state index contributed by atoms with van der Waals surface area (Å²) < 4.78 is 11.1. The number of rotatable bonds is 7. The molecule has 0 radical (unpaired) electrons. The zero-order valence-electron chi connectivity index (χ0n) is 16.1. The van der Waals surface area contributed by atoms with E-state index in [9.17, 15) is 4.79 Å². The molecule has 1 saturated heterocycles. The molecule has 0 spiro atoms. The minimum atomic E-state index is -0.00565. The van der Waals surface area contributed by atoms with Crippen molar-refractivity contribution < 1.29 is 14.3 Å². The molecule has 1 aliphatic rings. The van der Waals surface area contributed by atoms with Crippen molar-refractivity contribution in [2.75, 3.05) is 20.3 Å². The highest BCUT2D eigenvalue weighted by molar-refractivity contribution is 5.91. The van der Waals surface area contributed by atoms with Gasteiger partial charge in [-0.05, 0) is 49.1 Å². The number of carbonyl (C=O) groups excluding carboxylic acids is 1. The summed E-state index contributed by atoms with van der Waals surface area (Å²) in [6, 6.07) is 16.0. The summed E-state index contributed by atoms with van der Waals surface area (Å²) in [6.45, 7) is 3.98. The summed E-state index contributed by atoms with van der Waals surface area (Å²) in [5.74, 6) is 0.793. The van der Waals surface area contributed by atoms with Gasteiger partial charge in [0.1, 0.15) is 5.75 Å². The largest absolute Gasteiger partial charge is 0.497 e. The number of hydrogen-bond donors (Lipinski definition) is 0. The smallest absolute Gasteiger partial charge is 0.246 e. The molecule has 142 valence electrons. The number of hydrogen-bond acceptors (Lipinski definition) is 3. The highest BCUT2D eigenvalue weighted by Crippen LogP contribution is 2.18. The molecule has 1 aliphatic heterocycles. The van der Waals surface area contributed by atoms with Crippen molar-refractivity contribution in [3.63, 3.8) is 0 Å². The third kappa shape index (κ3) is 5.69. The topological polar surface area (TPSA) is 38.8 Å². The second-order valence-electron chi connectivity index (χ2n) is 6.95. The molecule has 1 heterocycles. The first-order chi connectivity index (χ1) is 13.1. The van der Waals surface area contributed by atoms with Gasteiger partial charge in [-0.2, -0.15) is 0 Å². The number of methoxy groups -OCH3 is 1. The van der Waals surface area contributed by atoms with Gasteiger partial charge < -0.3 is 14.4 Å². The van der Waals surface area contributed by atoms with Crippen LogP contribution in [-0.4, -0.2) is 37.2 Å². The second kappa shape index (κ2) is 9.38. The third-order valence-electron chi connectivity index (χ3n) is 4.76. The monoisotopic (exact) mass is 365 g/mol. The normalized spacial score (nSPS) is 16.6. The second-order valence-corrected chi connectivity index (χ2v) is 6.95. The lowest BCUT2D eigenvalue weighted by Crippen LogP contribution is -2.35. The van der Waals surface area contributed by atoms with Gasteiger partial charge in [-0.15, -0.1) is 0 Å². The molecule has 0 aliphatic carbocycles. The Labute approximate surface area is 161 Å². The molecule has 1 amide bonds. The molecule has 4 heteroatoms. The van der Waals surface area contributed by atoms with E-state index in [1.807, 2.05) is 59.5 Å². The van der Waals surface area contributed by atoms with Gasteiger partial charge in [0.25, 0.3) is 0 Å². The number of amides is 1. The molecule has 0 aromatic heterocycles.